The summed E-state index contributed by atoms with van der Waals surface area (Å²) in [5, 5.41) is 4.91. The number of nitrogens with zero attached hydrogens (tertiary/aromatic N) is 2. The van der Waals surface area contributed by atoms with E-state index in [0.29, 0.717) is 18.8 Å². The standard InChI is InChI=1S/C30H33N3O5S/c1-4-33-27-11-6-5-10-25(27)26-16-23(12-13-28(26)33)31-29(34)19-38-30(35)22-8-7-9-24(15-22)39(36,37)32-17-20(2)14-21(3)18-32/h5-13,15-16,20-21H,4,14,17-19H2,1-3H3,(H,31,34). The Hall–Kier alpha value is -3.69. The second-order valence-corrected chi connectivity index (χ2v) is 12.4. The third-order valence-electron chi connectivity index (χ3n) is 7.25. The maximum Gasteiger partial charge on any atom is 0.338 e. The van der Waals surface area contributed by atoms with Gasteiger partial charge in [0.25, 0.3) is 5.91 Å². The van der Waals surface area contributed by atoms with Gasteiger partial charge in [-0.3, -0.25) is 4.79 Å². The topological polar surface area (TPSA) is 97.7 Å². The molecule has 3 aromatic carbocycles. The molecule has 1 N–H and O–H groups in total. The highest BCUT2D eigenvalue weighted by Gasteiger charge is 2.32. The van der Waals surface area contributed by atoms with Crippen LogP contribution in [-0.2, 0) is 26.1 Å². The van der Waals surface area contributed by atoms with Gasteiger partial charge in [0.1, 0.15) is 0 Å². The minimum atomic E-state index is -3.75. The predicted molar refractivity (Wildman–Crippen MR) is 152 cm³/mol. The number of carbonyl (C=O) groups is 2. The van der Waals surface area contributed by atoms with E-state index in [-0.39, 0.29) is 22.3 Å². The Labute approximate surface area is 228 Å². The third-order valence-corrected chi connectivity index (χ3v) is 9.08. The summed E-state index contributed by atoms with van der Waals surface area (Å²) < 4.78 is 35.4. The molecule has 2 atom stereocenters. The SMILES string of the molecule is CCn1c2ccccc2c2cc(NC(=O)COC(=O)c3cccc(S(=O)(=O)N4CC(C)CC(C)C4)c3)ccc21. The number of fused-ring (bicyclic) bond motifs is 3. The first-order valence-electron chi connectivity index (χ1n) is 13.3. The molecule has 1 aliphatic heterocycles. The highest BCUT2D eigenvalue weighted by Crippen LogP contribution is 2.31. The number of nitrogens with one attached hydrogen (secondary N) is 1. The summed E-state index contributed by atoms with van der Waals surface area (Å²) in [7, 11) is -3.75. The second-order valence-electron chi connectivity index (χ2n) is 10.4. The molecule has 39 heavy (non-hydrogen) atoms. The molecule has 1 aliphatic rings. The van der Waals surface area contributed by atoms with Gasteiger partial charge in [-0.15, -0.1) is 0 Å². The maximum absolute atomic E-state index is 13.2. The highest BCUT2D eigenvalue weighted by atomic mass is 32.2. The summed E-state index contributed by atoms with van der Waals surface area (Å²) in [6.45, 7) is 7.40. The summed E-state index contributed by atoms with van der Waals surface area (Å²) in [5.41, 5.74) is 2.88. The minimum absolute atomic E-state index is 0.0437. The second kappa shape index (κ2) is 10.8. The Morgan fingerprint density at radius 2 is 1.64 bits per heavy atom. The quantitative estimate of drug-likeness (QED) is 0.318. The lowest BCUT2D eigenvalue weighted by Crippen LogP contribution is -2.42. The fourth-order valence-corrected chi connectivity index (χ4v) is 7.34. The molecule has 0 bridgehead atoms. The molecule has 8 nitrogen and oxygen atoms in total. The fraction of sp³-hybridized carbons (Fsp3) is 0.333. The average molecular weight is 548 g/mol. The van der Waals surface area contributed by atoms with Crippen LogP contribution in [0.3, 0.4) is 0 Å². The predicted octanol–water partition coefficient (Wildman–Crippen LogP) is 5.28. The van der Waals surface area contributed by atoms with Crippen molar-refractivity contribution in [2.75, 3.05) is 25.0 Å². The Morgan fingerprint density at radius 3 is 2.38 bits per heavy atom. The molecule has 2 unspecified atom stereocenters. The summed E-state index contributed by atoms with van der Waals surface area (Å²) in [6.07, 6.45) is 0.983. The van der Waals surface area contributed by atoms with E-state index in [1.807, 2.05) is 44.2 Å². The van der Waals surface area contributed by atoms with Crippen LogP contribution in [0.25, 0.3) is 21.8 Å². The number of ether oxygens (including phenoxy) is 1. The monoisotopic (exact) mass is 547 g/mol. The smallest absolute Gasteiger partial charge is 0.338 e. The Morgan fingerprint density at radius 1 is 0.923 bits per heavy atom. The Kier molecular flexibility index (Phi) is 7.46. The van der Waals surface area contributed by atoms with E-state index >= 15 is 0 Å². The van der Waals surface area contributed by atoms with E-state index in [1.165, 1.54) is 28.6 Å². The van der Waals surface area contributed by atoms with Gasteiger partial charge in [-0.05, 0) is 67.6 Å². The van der Waals surface area contributed by atoms with Gasteiger partial charge >= 0.3 is 5.97 Å². The van der Waals surface area contributed by atoms with Crippen LogP contribution >= 0.6 is 0 Å². The van der Waals surface area contributed by atoms with Gasteiger partial charge in [0, 0.05) is 47.1 Å². The van der Waals surface area contributed by atoms with E-state index in [0.717, 1.165) is 34.8 Å². The molecule has 1 aromatic heterocycles. The van der Waals surface area contributed by atoms with Gasteiger partial charge in [0.15, 0.2) is 6.61 Å². The molecular formula is C30H33N3O5S. The molecule has 0 saturated carbocycles. The summed E-state index contributed by atoms with van der Waals surface area (Å²) >= 11 is 0. The number of para-hydroxylation sites is 1. The number of hydrogen-bond donors (Lipinski definition) is 1. The zero-order chi connectivity index (χ0) is 27.7. The van der Waals surface area contributed by atoms with Crippen LogP contribution in [0.1, 0.15) is 37.6 Å². The molecule has 0 radical (unpaired) electrons. The lowest BCUT2D eigenvalue weighted by molar-refractivity contribution is -0.119. The summed E-state index contributed by atoms with van der Waals surface area (Å²) in [6, 6.07) is 19.6. The van der Waals surface area contributed by atoms with E-state index in [2.05, 4.69) is 28.9 Å². The van der Waals surface area contributed by atoms with Gasteiger partial charge in [0.2, 0.25) is 10.0 Å². The number of piperidine rings is 1. The number of rotatable bonds is 7. The molecule has 2 heterocycles. The molecule has 0 spiro atoms. The first kappa shape index (κ1) is 26.9. The molecule has 204 valence electrons. The number of sulfonamides is 1. The number of amides is 1. The lowest BCUT2D eigenvalue weighted by atomic mass is 9.94. The third kappa shape index (κ3) is 5.42. The molecule has 4 aromatic rings. The van der Waals surface area contributed by atoms with Gasteiger partial charge < -0.3 is 14.6 Å². The van der Waals surface area contributed by atoms with Gasteiger partial charge in [-0.1, -0.05) is 38.1 Å². The van der Waals surface area contributed by atoms with Crippen LogP contribution in [-0.4, -0.2) is 48.9 Å². The highest BCUT2D eigenvalue weighted by molar-refractivity contribution is 7.89. The number of anilines is 1. The zero-order valence-electron chi connectivity index (χ0n) is 22.4. The molecule has 0 aliphatic carbocycles. The molecule has 5 rings (SSSR count). The van der Waals surface area contributed by atoms with Crippen molar-refractivity contribution < 1.29 is 22.7 Å². The van der Waals surface area contributed by atoms with Crippen molar-refractivity contribution in [3.63, 3.8) is 0 Å². The number of benzene rings is 3. The van der Waals surface area contributed by atoms with Crippen molar-refractivity contribution in [3.8, 4) is 0 Å². The van der Waals surface area contributed by atoms with Crippen molar-refractivity contribution >= 4 is 49.4 Å². The van der Waals surface area contributed by atoms with Crippen molar-refractivity contribution in [3.05, 3.63) is 72.3 Å². The number of aryl methyl sites for hydroxylation is 1. The summed E-state index contributed by atoms with van der Waals surface area (Å²) in [4.78, 5) is 25.4. The first-order valence-corrected chi connectivity index (χ1v) is 14.7. The zero-order valence-corrected chi connectivity index (χ0v) is 23.2. The van der Waals surface area contributed by atoms with E-state index in [4.69, 9.17) is 4.74 Å². The van der Waals surface area contributed by atoms with E-state index < -0.39 is 28.5 Å². The van der Waals surface area contributed by atoms with Gasteiger partial charge in [-0.25, -0.2) is 13.2 Å². The average Bonchev–Trinajstić information content (AvgIpc) is 3.24. The van der Waals surface area contributed by atoms with Crippen molar-refractivity contribution in [1.29, 1.82) is 0 Å². The first-order chi connectivity index (χ1) is 18.7. The summed E-state index contributed by atoms with van der Waals surface area (Å²) in [5.74, 6) is -0.714. The van der Waals surface area contributed by atoms with Crippen LogP contribution in [0, 0.1) is 11.8 Å². The maximum atomic E-state index is 13.2. The van der Waals surface area contributed by atoms with E-state index in [9.17, 15) is 18.0 Å². The number of esters is 1. The molecule has 1 amide bonds. The largest absolute Gasteiger partial charge is 0.452 e. The van der Waals surface area contributed by atoms with Crippen LogP contribution in [0.15, 0.2) is 71.6 Å². The van der Waals surface area contributed by atoms with Crippen molar-refractivity contribution in [2.45, 2.75) is 38.6 Å². The number of aromatic nitrogens is 1. The van der Waals surface area contributed by atoms with Crippen LogP contribution in [0.4, 0.5) is 5.69 Å². The van der Waals surface area contributed by atoms with Crippen molar-refractivity contribution in [2.24, 2.45) is 11.8 Å². The number of hydrogen-bond acceptors (Lipinski definition) is 5. The number of carbonyl (C=O) groups excluding carboxylic acids is 2. The molecule has 1 fully saturated rings. The minimum Gasteiger partial charge on any atom is -0.452 e. The Balaban J connectivity index is 1.26. The molecule has 1 saturated heterocycles. The van der Waals surface area contributed by atoms with Crippen LogP contribution in [0.5, 0.6) is 0 Å². The normalized spacial score (nSPS) is 18.3. The fourth-order valence-electron chi connectivity index (χ4n) is 5.62. The van der Waals surface area contributed by atoms with Crippen LogP contribution < -0.4 is 5.32 Å². The Bertz CT molecular complexity index is 1650. The molecular weight excluding hydrogens is 514 g/mol. The van der Waals surface area contributed by atoms with Gasteiger partial charge in [-0.2, -0.15) is 4.31 Å². The molecule has 9 heteroatoms. The van der Waals surface area contributed by atoms with Crippen molar-refractivity contribution in [1.82, 2.24) is 8.87 Å². The van der Waals surface area contributed by atoms with E-state index in [1.54, 1.807) is 0 Å². The lowest BCUT2D eigenvalue weighted by Gasteiger charge is -2.34. The van der Waals surface area contributed by atoms with Crippen LogP contribution in [0.2, 0.25) is 0 Å². The van der Waals surface area contributed by atoms with Gasteiger partial charge in [0.05, 0.1) is 10.5 Å².